The minimum absolute atomic E-state index is 0.0181. The lowest BCUT2D eigenvalue weighted by atomic mass is 10.1. The van der Waals surface area contributed by atoms with Crippen LogP contribution in [0.2, 0.25) is 0 Å². The van der Waals surface area contributed by atoms with Crippen molar-refractivity contribution in [2.45, 2.75) is 40.0 Å². The van der Waals surface area contributed by atoms with Crippen molar-refractivity contribution in [2.24, 2.45) is 5.92 Å². The molecule has 5 nitrogen and oxygen atoms in total. The monoisotopic (exact) mass is 275 g/mol. The number of pyridine rings is 1. The second-order valence-electron chi connectivity index (χ2n) is 5.19. The fraction of sp³-hybridized carbons (Fsp3) is 0.533. The van der Waals surface area contributed by atoms with Crippen LogP contribution in [-0.4, -0.2) is 27.0 Å². The molecule has 2 aromatic heterocycles. The minimum Gasteiger partial charge on any atom is -0.465 e. The normalized spacial score (nSPS) is 11.2. The molecule has 0 saturated heterocycles. The van der Waals surface area contributed by atoms with Gasteiger partial charge in [0.15, 0.2) is 5.65 Å². The lowest BCUT2D eigenvalue weighted by Crippen LogP contribution is -2.13. The number of carbonyl (C=O) groups is 1. The number of fused-ring (bicyclic) bond motifs is 1. The number of aromatic nitrogens is 3. The highest BCUT2D eigenvalue weighted by atomic mass is 16.5. The molecule has 0 aliphatic heterocycles. The molecule has 0 fully saturated rings. The molecule has 0 atom stereocenters. The van der Waals surface area contributed by atoms with Crippen LogP contribution in [0.1, 0.15) is 44.8 Å². The van der Waals surface area contributed by atoms with Gasteiger partial charge in [0.2, 0.25) is 5.91 Å². The van der Waals surface area contributed by atoms with Crippen LogP contribution in [0.5, 0.6) is 6.01 Å². The van der Waals surface area contributed by atoms with Gasteiger partial charge in [0, 0.05) is 12.6 Å². The van der Waals surface area contributed by atoms with Crippen LogP contribution in [0.3, 0.4) is 0 Å². The number of rotatable bonds is 6. The first kappa shape index (κ1) is 14.5. The van der Waals surface area contributed by atoms with Crippen molar-refractivity contribution in [2.75, 3.05) is 6.61 Å². The molecular weight excluding hydrogens is 254 g/mol. The van der Waals surface area contributed by atoms with Crippen LogP contribution in [0.25, 0.3) is 11.2 Å². The lowest BCUT2D eigenvalue weighted by molar-refractivity contribution is 0.0889. The fourth-order valence-corrected chi connectivity index (χ4v) is 2.13. The first-order valence-corrected chi connectivity index (χ1v) is 7.13. The van der Waals surface area contributed by atoms with Crippen LogP contribution < -0.4 is 4.74 Å². The van der Waals surface area contributed by atoms with E-state index in [2.05, 4.69) is 23.8 Å². The molecule has 0 saturated carbocycles. The van der Waals surface area contributed by atoms with Crippen molar-refractivity contribution in [3.8, 4) is 6.01 Å². The van der Waals surface area contributed by atoms with E-state index in [1.165, 1.54) is 0 Å². The third-order valence-electron chi connectivity index (χ3n) is 3.09. The zero-order valence-electron chi connectivity index (χ0n) is 12.3. The van der Waals surface area contributed by atoms with Crippen LogP contribution in [-0.2, 0) is 0 Å². The molecule has 0 radical (unpaired) electrons. The highest BCUT2D eigenvalue weighted by molar-refractivity contribution is 5.90. The maximum atomic E-state index is 12.4. The van der Waals surface area contributed by atoms with Crippen LogP contribution in [0, 0.1) is 5.92 Å². The van der Waals surface area contributed by atoms with Crippen molar-refractivity contribution in [3.05, 3.63) is 18.3 Å². The second kappa shape index (κ2) is 6.50. The van der Waals surface area contributed by atoms with Crippen molar-refractivity contribution < 1.29 is 9.53 Å². The molecule has 0 aliphatic carbocycles. The number of carbonyl (C=O) groups excluding carboxylic acids is 1. The van der Waals surface area contributed by atoms with Gasteiger partial charge in [0.1, 0.15) is 0 Å². The van der Waals surface area contributed by atoms with Gasteiger partial charge in [-0.05, 0) is 31.4 Å². The zero-order chi connectivity index (χ0) is 14.5. The van der Waals surface area contributed by atoms with Gasteiger partial charge in [-0.1, -0.05) is 20.3 Å². The van der Waals surface area contributed by atoms with Crippen molar-refractivity contribution in [1.82, 2.24) is 14.5 Å². The molecule has 0 spiro atoms. The molecule has 0 aromatic carbocycles. The Morgan fingerprint density at radius 1 is 1.45 bits per heavy atom. The quantitative estimate of drug-likeness (QED) is 0.811. The first-order chi connectivity index (χ1) is 9.63. The zero-order valence-corrected chi connectivity index (χ0v) is 12.3. The third-order valence-corrected chi connectivity index (χ3v) is 3.09. The van der Waals surface area contributed by atoms with Crippen molar-refractivity contribution in [1.29, 1.82) is 0 Å². The molecule has 108 valence electrons. The summed E-state index contributed by atoms with van der Waals surface area (Å²) >= 11 is 0. The van der Waals surface area contributed by atoms with Gasteiger partial charge in [-0.2, -0.15) is 4.98 Å². The van der Waals surface area contributed by atoms with Gasteiger partial charge in [-0.15, -0.1) is 0 Å². The number of hydrogen-bond donors (Lipinski definition) is 0. The van der Waals surface area contributed by atoms with E-state index in [-0.39, 0.29) is 5.91 Å². The van der Waals surface area contributed by atoms with E-state index in [1.54, 1.807) is 16.8 Å². The predicted octanol–water partition coefficient (Wildman–Crippen LogP) is 3.30. The molecule has 0 N–H and O–H groups in total. The third kappa shape index (κ3) is 3.15. The number of imidazole rings is 1. The smallest absolute Gasteiger partial charge is 0.305 e. The van der Waals surface area contributed by atoms with E-state index in [4.69, 9.17) is 4.74 Å². The molecule has 5 heteroatoms. The van der Waals surface area contributed by atoms with Crippen LogP contribution in [0.4, 0.5) is 0 Å². The standard InChI is InChI=1S/C15H21N3O2/c1-4-20-15-17-14-12(8-6-10-16-14)18(15)13(19)9-5-7-11(2)3/h6,8,10-11H,4-5,7,9H2,1-3H3. The highest BCUT2D eigenvalue weighted by Gasteiger charge is 2.18. The average Bonchev–Trinajstić information content (AvgIpc) is 2.76. The molecule has 0 amide bonds. The van der Waals surface area contributed by atoms with E-state index >= 15 is 0 Å². The molecule has 2 rings (SSSR count). The van der Waals surface area contributed by atoms with E-state index in [0.29, 0.717) is 36.1 Å². The van der Waals surface area contributed by atoms with Gasteiger partial charge >= 0.3 is 6.01 Å². The molecule has 0 aliphatic rings. The summed E-state index contributed by atoms with van der Waals surface area (Å²) in [6, 6.07) is 3.99. The molecular formula is C15H21N3O2. The van der Waals surface area contributed by atoms with E-state index < -0.39 is 0 Å². The SMILES string of the molecule is CCOc1nc2ncccc2n1C(=O)CCCC(C)C. The highest BCUT2D eigenvalue weighted by Crippen LogP contribution is 2.21. The Morgan fingerprint density at radius 3 is 2.95 bits per heavy atom. The van der Waals surface area contributed by atoms with Gasteiger partial charge < -0.3 is 4.74 Å². The number of ether oxygens (including phenoxy) is 1. The minimum atomic E-state index is 0.0181. The summed E-state index contributed by atoms with van der Waals surface area (Å²) in [5.41, 5.74) is 1.26. The largest absolute Gasteiger partial charge is 0.465 e. The summed E-state index contributed by atoms with van der Waals surface area (Å²) in [5, 5.41) is 0. The Labute approximate surface area is 119 Å². The van der Waals surface area contributed by atoms with E-state index in [1.807, 2.05) is 13.0 Å². The average molecular weight is 275 g/mol. The second-order valence-corrected chi connectivity index (χ2v) is 5.19. The van der Waals surface area contributed by atoms with Gasteiger partial charge in [-0.25, -0.2) is 9.55 Å². The van der Waals surface area contributed by atoms with Gasteiger partial charge in [-0.3, -0.25) is 4.79 Å². The van der Waals surface area contributed by atoms with E-state index in [9.17, 15) is 4.79 Å². The maximum Gasteiger partial charge on any atom is 0.305 e. The summed E-state index contributed by atoms with van der Waals surface area (Å²) in [5.74, 6) is 0.625. The summed E-state index contributed by atoms with van der Waals surface area (Å²) in [7, 11) is 0. The topological polar surface area (TPSA) is 57.0 Å². The number of nitrogens with zero attached hydrogens (tertiary/aromatic N) is 3. The Kier molecular flexibility index (Phi) is 4.71. The molecule has 0 bridgehead atoms. The molecule has 20 heavy (non-hydrogen) atoms. The summed E-state index contributed by atoms with van der Waals surface area (Å²) in [6.07, 6.45) is 4.08. The van der Waals surface area contributed by atoms with Gasteiger partial charge in [0.05, 0.1) is 12.1 Å². The Hall–Kier alpha value is -1.91. The predicted molar refractivity (Wildman–Crippen MR) is 78.0 cm³/mol. The first-order valence-electron chi connectivity index (χ1n) is 7.13. The van der Waals surface area contributed by atoms with Crippen molar-refractivity contribution in [3.63, 3.8) is 0 Å². The Bertz CT molecular complexity index is 590. The maximum absolute atomic E-state index is 12.4. The molecule has 2 aromatic rings. The van der Waals surface area contributed by atoms with E-state index in [0.717, 1.165) is 12.8 Å². The Balaban J connectivity index is 2.26. The molecule has 0 unspecified atom stereocenters. The Morgan fingerprint density at radius 2 is 2.25 bits per heavy atom. The van der Waals surface area contributed by atoms with Crippen LogP contribution >= 0.6 is 0 Å². The summed E-state index contributed by atoms with van der Waals surface area (Å²) in [4.78, 5) is 20.9. The number of hydrogen-bond acceptors (Lipinski definition) is 4. The summed E-state index contributed by atoms with van der Waals surface area (Å²) in [6.45, 7) is 6.67. The lowest BCUT2D eigenvalue weighted by Gasteiger charge is -2.08. The van der Waals surface area contributed by atoms with Crippen molar-refractivity contribution >= 4 is 17.1 Å². The van der Waals surface area contributed by atoms with Gasteiger partial charge in [0.25, 0.3) is 0 Å². The molecule has 2 heterocycles. The fourth-order valence-electron chi connectivity index (χ4n) is 2.13. The van der Waals surface area contributed by atoms with Crippen LogP contribution in [0.15, 0.2) is 18.3 Å². The summed E-state index contributed by atoms with van der Waals surface area (Å²) < 4.78 is 7.01.